The molecule has 100 valence electrons. The molecule has 1 aromatic carbocycles. The summed E-state index contributed by atoms with van der Waals surface area (Å²) in [4.78, 5) is 0. The van der Waals surface area contributed by atoms with Gasteiger partial charge in [0.05, 0.1) is 12.7 Å². The lowest BCUT2D eigenvalue weighted by Gasteiger charge is -2.04. The molecule has 0 bridgehead atoms. The van der Waals surface area contributed by atoms with Crippen molar-refractivity contribution in [2.75, 3.05) is 0 Å². The van der Waals surface area contributed by atoms with E-state index < -0.39 is 0 Å². The molecule has 1 heterocycles. The molecular weight excluding hydrogens is 271 g/mol. The summed E-state index contributed by atoms with van der Waals surface area (Å²) in [7, 11) is 0. The summed E-state index contributed by atoms with van der Waals surface area (Å²) in [5, 5.41) is 4.25. The molecule has 0 aliphatic rings. The lowest BCUT2D eigenvalue weighted by molar-refractivity contribution is 0.685. The molecule has 1 aromatic heterocycles. The normalized spacial score (nSPS) is 9.44. The third-order valence-electron chi connectivity index (χ3n) is 2.44. The molecule has 3 N–H and O–H groups in total. The van der Waals surface area contributed by atoms with Gasteiger partial charge in [0, 0.05) is 12.7 Å². The monoisotopic (exact) mass is 288 g/mol. The van der Waals surface area contributed by atoms with Gasteiger partial charge in [0.2, 0.25) is 0 Å². The first-order valence-corrected chi connectivity index (χ1v) is 5.28. The SMILES string of the molecule is Cc1cnn(Cc2ccc(CNN)cc2)c1.Cl.Cl. The van der Waals surface area contributed by atoms with E-state index in [1.165, 1.54) is 16.7 Å². The number of aromatic nitrogens is 2. The number of rotatable bonds is 4. The van der Waals surface area contributed by atoms with E-state index in [1.54, 1.807) is 0 Å². The number of halogens is 2. The van der Waals surface area contributed by atoms with Gasteiger partial charge in [-0.3, -0.25) is 16.0 Å². The van der Waals surface area contributed by atoms with Crippen molar-refractivity contribution in [1.29, 1.82) is 0 Å². The van der Waals surface area contributed by atoms with Crippen LogP contribution < -0.4 is 11.3 Å². The van der Waals surface area contributed by atoms with Crippen molar-refractivity contribution in [3.8, 4) is 0 Å². The second-order valence-corrected chi connectivity index (χ2v) is 3.91. The van der Waals surface area contributed by atoms with Crippen LogP contribution in [0.2, 0.25) is 0 Å². The molecule has 0 fully saturated rings. The van der Waals surface area contributed by atoms with Crippen molar-refractivity contribution < 1.29 is 0 Å². The predicted molar refractivity (Wildman–Crippen MR) is 78.0 cm³/mol. The van der Waals surface area contributed by atoms with Crippen LogP contribution in [0.1, 0.15) is 16.7 Å². The topological polar surface area (TPSA) is 55.9 Å². The van der Waals surface area contributed by atoms with Crippen LogP contribution in [0.5, 0.6) is 0 Å². The summed E-state index contributed by atoms with van der Waals surface area (Å²) in [6, 6.07) is 8.35. The zero-order valence-corrected chi connectivity index (χ0v) is 11.8. The Labute approximate surface area is 119 Å². The summed E-state index contributed by atoms with van der Waals surface area (Å²) >= 11 is 0. The maximum Gasteiger partial charge on any atom is 0.0659 e. The quantitative estimate of drug-likeness (QED) is 0.669. The van der Waals surface area contributed by atoms with Gasteiger partial charge in [0.25, 0.3) is 0 Å². The van der Waals surface area contributed by atoms with Gasteiger partial charge in [0.15, 0.2) is 0 Å². The van der Waals surface area contributed by atoms with Gasteiger partial charge < -0.3 is 0 Å². The van der Waals surface area contributed by atoms with Gasteiger partial charge in [0.1, 0.15) is 0 Å². The Hall–Kier alpha value is -1.07. The van der Waals surface area contributed by atoms with Crippen molar-refractivity contribution in [2.45, 2.75) is 20.0 Å². The number of hydrogen-bond donors (Lipinski definition) is 2. The van der Waals surface area contributed by atoms with Crippen LogP contribution >= 0.6 is 24.8 Å². The Morgan fingerprint density at radius 3 is 2.28 bits per heavy atom. The fourth-order valence-corrected chi connectivity index (χ4v) is 1.62. The third-order valence-corrected chi connectivity index (χ3v) is 2.44. The molecule has 0 unspecified atom stereocenters. The van der Waals surface area contributed by atoms with Gasteiger partial charge in [-0.15, -0.1) is 24.8 Å². The zero-order chi connectivity index (χ0) is 11.4. The molecule has 2 rings (SSSR count). The molecule has 0 spiro atoms. The van der Waals surface area contributed by atoms with Crippen molar-refractivity contribution in [1.82, 2.24) is 15.2 Å². The van der Waals surface area contributed by atoms with Crippen LogP contribution in [0, 0.1) is 6.92 Å². The van der Waals surface area contributed by atoms with Crippen molar-refractivity contribution >= 4 is 24.8 Å². The van der Waals surface area contributed by atoms with E-state index in [0.29, 0.717) is 6.54 Å². The Bertz CT molecular complexity index is 453. The lowest BCUT2D eigenvalue weighted by atomic mass is 10.1. The van der Waals surface area contributed by atoms with Crippen molar-refractivity contribution in [3.63, 3.8) is 0 Å². The number of hydrazine groups is 1. The number of nitrogens with zero attached hydrogens (tertiary/aromatic N) is 2. The largest absolute Gasteiger partial charge is 0.271 e. The molecule has 6 heteroatoms. The summed E-state index contributed by atoms with van der Waals surface area (Å²) in [6.45, 7) is 3.55. The molecule has 0 atom stereocenters. The lowest BCUT2D eigenvalue weighted by Crippen LogP contribution is -2.20. The van der Waals surface area contributed by atoms with E-state index in [1.807, 2.05) is 24.0 Å². The molecule has 0 aliphatic carbocycles. The number of aryl methyl sites for hydroxylation is 1. The smallest absolute Gasteiger partial charge is 0.0659 e. The fraction of sp³-hybridized carbons (Fsp3) is 0.250. The van der Waals surface area contributed by atoms with E-state index in [4.69, 9.17) is 5.84 Å². The van der Waals surface area contributed by atoms with Crippen LogP contribution in [-0.2, 0) is 13.1 Å². The highest BCUT2D eigenvalue weighted by molar-refractivity contribution is 5.85. The molecule has 0 radical (unpaired) electrons. The van der Waals surface area contributed by atoms with Crippen LogP contribution in [0.25, 0.3) is 0 Å². The second kappa shape index (κ2) is 8.11. The predicted octanol–water partition coefficient (Wildman–Crippen LogP) is 2.05. The average molecular weight is 289 g/mol. The maximum absolute atomic E-state index is 5.26. The third kappa shape index (κ3) is 4.66. The second-order valence-electron chi connectivity index (χ2n) is 3.91. The standard InChI is InChI=1S/C12H16N4.2ClH/c1-10-6-15-16(8-10)9-12-4-2-11(3-5-12)7-14-13;;/h2-6,8,14H,7,9,13H2,1H3;2*1H. The summed E-state index contributed by atoms with van der Waals surface area (Å²) < 4.78 is 1.94. The average Bonchev–Trinajstić information content (AvgIpc) is 2.67. The van der Waals surface area contributed by atoms with E-state index in [-0.39, 0.29) is 24.8 Å². The summed E-state index contributed by atoms with van der Waals surface area (Å²) in [5.74, 6) is 5.26. The summed E-state index contributed by atoms with van der Waals surface area (Å²) in [5.41, 5.74) is 6.25. The molecule has 0 saturated heterocycles. The number of hydrogen-bond acceptors (Lipinski definition) is 3. The van der Waals surface area contributed by atoms with E-state index in [2.05, 4.69) is 34.8 Å². The Morgan fingerprint density at radius 1 is 1.17 bits per heavy atom. The minimum absolute atomic E-state index is 0. The first-order chi connectivity index (χ1) is 7.78. The van der Waals surface area contributed by atoms with Crippen molar-refractivity contribution in [2.24, 2.45) is 5.84 Å². The Balaban J connectivity index is 0.00000144. The highest BCUT2D eigenvalue weighted by atomic mass is 35.5. The zero-order valence-electron chi connectivity index (χ0n) is 10.2. The first-order valence-electron chi connectivity index (χ1n) is 5.28. The molecule has 18 heavy (non-hydrogen) atoms. The van der Waals surface area contributed by atoms with Crippen LogP contribution in [0.3, 0.4) is 0 Å². The van der Waals surface area contributed by atoms with Crippen LogP contribution in [-0.4, -0.2) is 9.78 Å². The molecular formula is C12H18Cl2N4. The van der Waals surface area contributed by atoms with E-state index in [0.717, 1.165) is 6.54 Å². The van der Waals surface area contributed by atoms with Crippen LogP contribution in [0.4, 0.5) is 0 Å². The number of benzene rings is 1. The van der Waals surface area contributed by atoms with Gasteiger partial charge in [-0.1, -0.05) is 24.3 Å². The minimum atomic E-state index is 0. The van der Waals surface area contributed by atoms with Gasteiger partial charge >= 0.3 is 0 Å². The first kappa shape index (κ1) is 16.9. The van der Waals surface area contributed by atoms with Crippen molar-refractivity contribution in [3.05, 3.63) is 53.3 Å². The van der Waals surface area contributed by atoms with Gasteiger partial charge in [-0.25, -0.2) is 0 Å². The van der Waals surface area contributed by atoms with E-state index >= 15 is 0 Å². The minimum Gasteiger partial charge on any atom is -0.271 e. The maximum atomic E-state index is 5.26. The molecule has 0 aliphatic heterocycles. The number of nitrogens with two attached hydrogens (primary N) is 1. The van der Waals surface area contributed by atoms with Gasteiger partial charge in [-0.2, -0.15) is 5.10 Å². The molecule has 4 nitrogen and oxygen atoms in total. The van der Waals surface area contributed by atoms with E-state index in [9.17, 15) is 0 Å². The van der Waals surface area contributed by atoms with Crippen LogP contribution in [0.15, 0.2) is 36.7 Å². The Kier molecular flexibility index (Phi) is 7.62. The number of nitrogens with one attached hydrogen (secondary N) is 1. The highest BCUT2D eigenvalue weighted by Crippen LogP contribution is 2.06. The molecule has 0 saturated carbocycles. The summed E-state index contributed by atoms with van der Waals surface area (Å²) in [6.07, 6.45) is 3.90. The Morgan fingerprint density at radius 2 is 1.78 bits per heavy atom. The fourth-order valence-electron chi connectivity index (χ4n) is 1.62. The highest BCUT2D eigenvalue weighted by Gasteiger charge is 1.97. The molecule has 2 aromatic rings. The van der Waals surface area contributed by atoms with Gasteiger partial charge in [-0.05, 0) is 23.6 Å². The molecule has 0 amide bonds.